The molecule has 0 unspecified atom stereocenters. The van der Waals surface area contributed by atoms with Crippen molar-refractivity contribution in [1.82, 2.24) is 5.32 Å². The van der Waals surface area contributed by atoms with Gasteiger partial charge in [-0.1, -0.05) is 18.7 Å². The molecule has 2 aromatic carbocycles. The van der Waals surface area contributed by atoms with E-state index in [9.17, 15) is 14.0 Å². The van der Waals surface area contributed by atoms with Crippen LogP contribution >= 0.6 is 0 Å². The van der Waals surface area contributed by atoms with Gasteiger partial charge >= 0.3 is 0 Å². The van der Waals surface area contributed by atoms with Crippen LogP contribution in [0.5, 0.6) is 0 Å². The van der Waals surface area contributed by atoms with E-state index < -0.39 is 0 Å². The molecule has 0 aromatic heterocycles. The Kier molecular flexibility index (Phi) is 5.25. The molecule has 0 aliphatic rings. The molecule has 0 fully saturated rings. The molecular weight excluding hydrogens is 295 g/mol. The van der Waals surface area contributed by atoms with Crippen molar-refractivity contribution in [2.24, 2.45) is 0 Å². The SMILES string of the molecule is C=CC(=O)Nc1ccc(C(=O)N[C@@H](C)c2ccc(F)cc2)cc1. The minimum Gasteiger partial charge on any atom is -0.346 e. The molecule has 5 heteroatoms. The zero-order valence-corrected chi connectivity index (χ0v) is 12.7. The standard InChI is InChI=1S/C18H17FN2O2/c1-3-17(22)21-16-10-6-14(7-11-16)18(23)20-12(2)13-4-8-15(19)9-5-13/h3-12H,1H2,2H3,(H,20,23)(H,21,22)/t12-/m0/s1. The van der Waals surface area contributed by atoms with E-state index in [0.29, 0.717) is 11.3 Å². The number of halogens is 1. The molecule has 0 radical (unpaired) electrons. The molecule has 0 aliphatic heterocycles. The lowest BCUT2D eigenvalue weighted by atomic mass is 10.1. The minimum absolute atomic E-state index is 0.247. The van der Waals surface area contributed by atoms with Crippen molar-refractivity contribution in [3.63, 3.8) is 0 Å². The van der Waals surface area contributed by atoms with Crippen molar-refractivity contribution >= 4 is 17.5 Å². The van der Waals surface area contributed by atoms with E-state index in [1.807, 2.05) is 6.92 Å². The van der Waals surface area contributed by atoms with Crippen LogP contribution in [-0.4, -0.2) is 11.8 Å². The molecule has 0 spiro atoms. The van der Waals surface area contributed by atoms with E-state index in [1.165, 1.54) is 18.2 Å². The topological polar surface area (TPSA) is 58.2 Å². The molecule has 2 amide bonds. The molecule has 0 saturated carbocycles. The Labute approximate surface area is 134 Å². The first-order chi connectivity index (χ1) is 11.0. The maximum absolute atomic E-state index is 12.9. The molecule has 118 valence electrons. The summed E-state index contributed by atoms with van der Waals surface area (Å²) in [5.74, 6) is -0.875. The summed E-state index contributed by atoms with van der Waals surface area (Å²) in [4.78, 5) is 23.4. The van der Waals surface area contributed by atoms with Crippen LogP contribution in [0.3, 0.4) is 0 Å². The summed E-state index contributed by atoms with van der Waals surface area (Å²) in [6, 6.07) is 12.2. The Morgan fingerprint density at radius 2 is 1.70 bits per heavy atom. The average molecular weight is 312 g/mol. The minimum atomic E-state index is -0.315. The second kappa shape index (κ2) is 7.35. The van der Waals surface area contributed by atoms with E-state index in [0.717, 1.165) is 5.56 Å². The normalized spacial score (nSPS) is 11.4. The molecule has 0 bridgehead atoms. The van der Waals surface area contributed by atoms with Gasteiger partial charge in [0.05, 0.1) is 6.04 Å². The van der Waals surface area contributed by atoms with E-state index in [2.05, 4.69) is 17.2 Å². The van der Waals surface area contributed by atoms with Crippen LogP contribution in [0.2, 0.25) is 0 Å². The van der Waals surface area contributed by atoms with Gasteiger partial charge in [0.15, 0.2) is 0 Å². The summed E-state index contributed by atoms with van der Waals surface area (Å²) < 4.78 is 12.9. The van der Waals surface area contributed by atoms with E-state index in [1.54, 1.807) is 36.4 Å². The molecule has 0 heterocycles. The van der Waals surface area contributed by atoms with Gasteiger partial charge in [0.1, 0.15) is 5.82 Å². The van der Waals surface area contributed by atoms with Gasteiger partial charge in [0.25, 0.3) is 5.91 Å². The smallest absolute Gasteiger partial charge is 0.251 e. The number of rotatable bonds is 5. The molecule has 23 heavy (non-hydrogen) atoms. The molecule has 2 aromatic rings. The Morgan fingerprint density at radius 3 is 2.26 bits per heavy atom. The molecule has 0 saturated heterocycles. The third-order valence-corrected chi connectivity index (χ3v) is 3.32. The van der Waals surface area contributed by atoms with Gasteiger partial charge in [-0.3, -0.25) is 9.59 Å². The Bertz CT molecular complexity index is 709. The summed E-state index contributed by atoms with van der Waals surface area (Å²) in [7, 11) is 0. The quantitative estimate of drug-likeness (QED) is 0.831. The maximum Gasteiger partial charge on any atom is 0.251 e. The number of carbonyl (C=O) groups excluding carboxylic acids is 2. The van der Waals surface area contributed by atoms with E-state index in [-0.39, 0.29) is 23.7 Å². The average Bonchev–Trinajstić information content (AvgIpc) is 2.55. The lowest BCUT2D eigenvalue weighted by molar-refractivity contribution is -0.111. The zero-order chi connectivity index (χ0) is 16.8. The van der Waals surface area contributed by atoms with Crippen LogP contribution in [0.1, 0.15) is 28.9 Å². The third kappa shape index (κ3) is 4.51. The van der Waals surface area contributed by atoms with Crippen LogP contribution in [0.15, 0.2) is 61.2 Å². The van der Waals surface area contributed by atoms with Crippen molar-refractivity contribution in [2.45, 2.75) is 13.0 Å². The number of hydrogen-bond acceptors (Lipinski definition) is 2. The third-order valence-electron chi connectivity index (χ3n) is 3.32. The fraction of sp³-hybridized carbons (Fsp3) is 0.111. The summed E-state index contributed by atoms with van der Waals surface area (Å²) in [6.07, 6.45) is 1.17. The van der Waals surface area contributed by atoms with Crippen molar-refractivity contribution in [3.05, 3.63) is 78.1 Å². The van der Waals surface area contributed by atoms with Gasteiger partial charge in [0.2, 0.25) is 5.91 Å². The zero-order valence-electron chi connectivity index (χ0n) is 12.7. The summed E-state index contributed by atoms with van der Waals surface area (Å²) in [6.45, 7) is 5.19. The number of anilines is 1. The highest BCUT2D eigenvalue weighted by atomic mass is 19.1. The predicted octanol–water partition coefficient (Wildman–Crippen LogP) is 3.44. The highest BCUT2D eigenvalue weighted by molar-refractivity contribution is 5.99. The van der Waals surface area contributed by atoms with Crippen LogP contribution in [-0.2, 0) is 4.79 Å². The van der Waals surface area contributed by atoms with Crippen molar-refractivity contribution < 1.29 is 14.0 Å². The number of benzene rings is 2. The predicted molar refractivity (Wildman–Crippen MR) is 87.5 cm³/mol. The van der Waals surface area contributed by atoms with Gasteiger partial charge in [0, 0.05) is 11.3 Å². The Morgan fingerprint density at radius 1 is 1.09 bits per heavy atom. The van der Waals surface area contributed by atoms with Gasteiger partial charge < -0.3 is 10.6 Å². The van der Waals surface area contributed by atoms with Gasteiger partial charge in [-0.15, -0.1) is 0 Å². The van der Waals surface area contributed by atoms with Crippen LogP contribution in [0.25, 0.3) is 0 Å². The van der Waals surface area contributed by atoms with Crippen LogP contribution in [0, 0.1) is 5.82 Å². The number of carbonyl (C=O) groups is 2. The fourth-order valence-corrected chi connectivity index (χ4v) is 2.01. The highest BCUT2D eigenvalue weighted by Gasteiger charge is 2.11. The van der Waals surface area contributed by atoms with Gasteiger partial charge in [-0.25, -0.2) is 4.39 Å². The maximum atomic E-state index is 12.9. The molecule has 1 atom stereocenters. The fourth-order valence-electron chi connectivity index (χ4n) is 2.01. The Balaban J connectivity index is 2.01. The molecule has 0 aliphatic carbocycles. The first kappa shape index (κ1) is 16.4. The first-order valence-electron chi connectivity index (χ1n) is 7.09. The summed E-state index contributed by atoms with van der Waals surface area (Å²) >= 11 is 0. The number of hydrogen-bond donors (Lipinski definition) is 2. The van der Waals surface area contributed by atoms with Crippen molar-refractivity contribution in [3.8, 4) is 0 Å². The van der Waals surface area contributed by atoms with Gasteiger partial charge in [-0.05, 0) is 55.0 Å². The first-order valence-corrected chi connectivity index (χ1v) is 7.09. The van der Waals surface area contributed by atoms with Crippen molar-refractivity contribution in [2.75, 3.05) is 5.32 Å². The van der Waals surface area contributed by atoms with Crippen molar-refractivity contribution in [1.29, 1.82) is 0 Å². The number of amides is 2. The van der Waals surface area contributed by atoms with E-state index >= 15 is 0 Å². The number of nitrogens with one attached hydrogen (secondary N) is 2. The second-order valence-corrected chi connectivity index (χ2v) is 5.02. The second-order valence-electron chi connectivity index (χ2n) is 5.02. The summed E-state index contributed by atoms with van der Waals surface area (Å²) in [5.41, 5.74) is 1.86. The Hall–Kier alpha value is -2.95. The monoisotopic (exact) mass is 312 g/mol. The molecular formula is C18H17FN2O2. The summed E-state index contributed by atoms with van der Waals surface area (Å²) in [5, 5.41) is 5.44. The molecule has 2 N–H and O–H groups in total. The van der Waals surface area contributed by atoms with Crippen LogP contribution in [0.4, 0.5) is 10.1 Å². The lowest BCUT2D eigenvalue weighted by Gasteiger charge is -2.14. The molecule has 4 nitrogen and oxygen atoms in total. The van der Waals surface area contributed by atoms with Crippen LogP contribution < -0.4 is 10.6 Å². The van der Waals surface area contributed by atoms with E-state index in [4.69, 9.17) is 0 Å². The molecule has 2 rings (SSSR count). The highest BCUT2D eigenvalue weighted by Crippen LogP contribution is 2.15. The lowest BCUT2D eigenvalue weighted by Crippen LogP contribution is -2.26. The largest absolute Gasteiger partial charge is 0.346 e. The van der Waals surface area contributed by atoms with Gasteiger partial charge in [-0.2, -0.15) is 0 Å².